The van der Waals surface area contributed by atoms with Gasteiger partial charge in [-0.15, -0.1) is 0 Å². The van der Waals surface area contributed by atoms with Crippen molar-refractivity contribution in [3.05, 3.63) is 34.3 Å². The Morgan fingerprint density at radius 3 is 2.63 bits per heavy atom. The van der Waals surface area contributed by atoms with Crippen LogP contribution < -0.4 is 0 Å². The number of nitrogens with zero attached hydrogens (tertiary/aromatic N) is 1. The van der Waals surface area contributed by atoms with Crippen molar-refractivity contribution >= 4 is 27.8 Å². The molecule has 5 heteroatoms. The molecule has 0 saturated carbocycles. The minimum absolute atomic E-state index is 0.331. The van der Waals surface area contributed by atoms with Gasteiger partial charge in [0, 0.05) is 16.6 Å². The lowest BCUT2D eigenvalue weighted by atomic mass is 10.1. The number of rotatable bonds is 1. The van der Waals surface area contributed by atoms with Crippen molar-refractivity contribution in [1.29, 1.82) is 0 Å². The average molecular weight is 322 g/mol. The van der Waals surface area contributed by atoms with Crippen molar-refractivity contribution in [2.24, 2.45) is 0 Å². The lowest BCUT2D eigenvalue weighted by Crippen LogP contribution is -2.39. The summed E-state index contributed by atoms with van der Waals surface area (Å²) in [7, 11) is 0. The van der Waals surface area contributed by atoms with E-state index in [1.165, 1.54) is 4.90 Å². The fourth-order valence-electron chi connectivity index (χ4n) is 2.02. The molecule has 1 amide bonds. The summed E-state index contributed by atoms with van der Waals surface area (Å²) in [6, 6.07) is 6.67. The molecule has 0 radical (unpaired) electrons. The third kappa shape index (κ3) is 3.36. The van der Waals surface area contributed by atoms with Gasteiger partial charge in [-0.2, -0.15) is 0 Å². The Bertz CT molecular complexity index is 556. The molecule has 1 heterocycles. The number of amides is 1. The number of hydrogen-bond acceptors (Lipinski definition) is 2. The van der Waals surface area contributed by atoms with Gasteiger partial charge in [0.05, 0.1) is 0 Å². The molecule has 1 N–H and O–H groups in total. The molecule has 98 valence electrons. The predicted octanol–water partition coefficient (Wildman–Crippen LogP) is 2.51. The van der Waals surface area contributed by atoms with E-state index in [1.54, 1.807) is 12.1 Å². The maximum Gasteiger partial charge on any atom is 0.407 e. The van der Waals surface area contributed by atoms with Crippen LogP contribution in [0.15, 0.2) is 28.7 Å². The van der Waals surface area contributed by atoms with Crippen LogP contribution in [0.3, 0.4) is 0 Å². The first-order chi connectivity index (χ1) is 9.08. The van der Waals surface area contributed by atoms with E-state index >= 15 is 0 Å². The molecular formula is C14H12BrNO3. The molecule has 1 unspecified atom stereocenters. The van der Waals surface area contributed by atoms with Crippen molar-refractivity contribution in [1.82, 2.24) is 4.90 Å². The first-order valence-electron chi connectivity index (χ1n) is 5.89. The number of carbonyl (C=O) groups excluding carboxylic acids is 1. The van der Waals surface area contributed by atoms with Crippen LogP contribution in [-0.4, -0.2) is 34.5 Å². The Labute approximate surface area is 119 Å². The van der Waals surface area contributed by atoms with Crippen molar-refractivity contribution in [2.75, 3.05) is 6.54 Å². The topological polar surface area (TPSA) is 57.6 Å². The van der Waals surface area contributed by atoms with E-state index in [1.807, 2.05) is 12.1 Å². The van der Waals surface area contributed by atoms with E-state index in [0.717, 1.165) is 10.0 Å². The third-order valence-electron chi connectivity index (χ3n) is 2.98. The van der Waals surface area contributed by atoms with Gasteiger partial charge >= 0.3 is 6.09 Å². The van der Waals surface area contributed by atoms with Crippen LogP contribution >= 0.6 is 15.9 Å². The molecule has 4 nitrogen and oxygen atoms in total. The summed E-state index contributed by atoms with van der Waals surface area (Å²) < 4.78 is 0.942. The van der Waals surface area contributed by atoms with Crippen LogP contribution in [0, 0.1) is 11.8 Å². The van der Waals surface area contributed by atoms with Gasteiger partial charge in [-0.05, 0) is 43.0 Å². The monoisotopic (exact) mass is 321 g/mol. The molecule has 1 atom stereocenters. The summed E-state index contributed by atoms with van der Waals surface area (Å²) in [5, 5.41) is 8.97. The highest BCUT2D eigenvalue weighted by Gasteiger charge is 2.32. The van der Waals surface area contributed by atoms with E-state index in [-0.39, 0.29) is 5.78 Å². The quantitative estimate of drug-likeness (QED) is 0.808. The molecule has 2 rings (SSSR count). The first-order valence-corrected chi connectivity index (χ1v) is 6.68. The summed E-state index contributed by atoms with van der Waals surface area (Å²) in [4.78, 5) is 24.0. The van der Waals surface area contributed by atoms with Gasteiger partial charge in [0.15, 0.2) is 0 Å². The Hall–Kier alpha value is -1.80. The zero-order valence-electron chi connectivity index (χ0n) is 10.1. The standard InChI is InChI=1S/C14H12BrNO3/c15-11-6-3-10(4-7-11)5-8-13(17)12-2-1-9-16(12)14(18)19/h3-4,6-7,12H,1-2,9H2,(H,18,19). The molecule has 1 aliphatic heterocycles. The summed E-state index contributed by atoms with van der Waals surface area (Å²) in [6.07, 6.45) is 0.212. The van der Waals surface area contributed by atoms with Crippen molar-refractivity contribution in [3.8, 4) is 11.8 Å². The molecule has 0 aliphatic carbocycles. The number of benzene rings is 1. The Morgan fingerprint density at radius 2 is 2.00 bits per heavy atom. The van der Waals surface area contributed by atoms with Crippen molar-refractivity contribution < 1.29 is 14.7 Å². The van der Waals surface area contributed by atoms with Gasteiger partial charge in [0.1, 0.15) is 6.04 Å². The fourth-order valence-corrected chi connectivity index (χ4v) is 2.28. The second-order valence-corrected chi connectivity index (χ2v) is 5.17. The zero-order chi connectivity index (χ0) is 13.8. The fraction of sp³-hybridized carbons (Fsp3) is 0.286. The molecule has 1 aromatic carbocycles. The predicted molar refractivity (Wildman–Crippen MR) is 73.8 cm³/mol. The van der Waals surface area contributed by atoms with E-state index in [2.05, 4.69) is 27.8 Å². The van der Waals surface area contributed by atoms with Crippen LogP contribution in [0.25, 0.3) is 0 Å². The lowest BCUT2D eigenvalue weighted by Gasteiger charge is -2.17. The molecular weight excluding hydrogens is 310 g/mol. The third-order valence-corrected chi connectivity index (χ3v) is 3.50. The van der Waals surface area contributed by atoms with Gasteiger partial charge in [-0.1, -0.05) is 21.9 Å². The van der Waals surface area contributed by atoms with Gasteiger partial charge in [-0.3, -0.25) is 9.69 Å². The highest BCUT2D eigenvalue weighted by molar-refractivity contribution is 9.10. The largest absolute Gasteiger partial charge is 0.465 e. The highest BCUT2D eigenvalue weighted by atomic mass is 79.9. The van der Waals surface area contributed by atoms with Crippen LogP contribution in [0.5, 0.6) is 0 Å². The second kappa shape index (κ2) is 5.89. The maximum atomic E-state index is 11.9. The number of halogens is 1. The number of ketones is 1. The number of likely N-dealkylation sites (tertiary alicyclic amines) is 1. The van der Waals surface area contributed by atoms with E-state index < -0.39 is 12.1 Å². The minimum Gasteiger partial charge on any atom is -0.465 e. The van der Waals surface area contributed by atoms with E-state index in [0.29, 0.717) is 19.4 Å². The Balaban J connectivity index is 2.09. The molecule has 0 aromatic heterocycles. The SMILES string of the molecule is O=C(C#Cc1ccc(Br)cc1)C1CCCN1C(=O)O. The number of Topliss-reactive ketones (excluding diaryl/α,β-unsaturated/α-hetero) is 1. The molecule has 19 heavy (non-hydrogen) atoms. The van der Waals surface area contributed by atoms with Crippen molar-refractivity contribution in [3.63, 3.8) is 0 Å². The zero-order valence-corrected chi connectivity index (χ0v) is 11.7. The number of carboxylic acid groups (broad SMARTS) is 1. The average Bonchev–Trinajstić information content (AvgIpc) is 2.87. The first kappa shape index (κ1) is 13.6. The summed E-state index contributed by atoms with van der Waals surface area (Å²) in [5.74, 6) is 4.97. The van der Waals surface area contributed by atoms with Crippen LogP contribution in [0.2, 0.25) is 0 Å². The highest BCUT2D eigenvalue weighted by Crippen LogP contribution is 2.17. The van der Waals surface area contributed by atoms with E-state index in [9.17, 15) is 9.59 Å². The normalized spacial score (nSPS) is 17.7. The molecule has 1 aliphatic rings. The van der Waals surface area contributed by atoms with Gasteiger partial charge in [-0.25, -0.2) is 4.79 Å². The molecule has 1 aromatic rings. The Morgan fingerprint density at radius 1 is 1.32 bits per heavy atom. The van der Waals surface area contributed by atoms with Gasteiger partial charge in [0.2, 0.25) is 5.78 Å². The molecule has 0 bridgehead atoms. The number of carbonyl (C=O) groups is 2. The summed E-state index contributed by atoms with van der Waals surface area (Å²) in [6.45, 7) is 0.408. The lowest BCUT2D eigenvalue weighted by molar-refractivity contribution is -0.117. The second-order valence-electron chi connectivity index (χ2n) is 4.26. The van der Waals surface area contributed by atoms with E-state index in [4.69, 9.17) is 5.11 Å². The molecule has 1 saturated heterocycles. The molecule has 1 fully saturated rings. The van der Waals surface area contributed by atoms with Crippen LogP contribution in [-0.2, 0) is 4.79 Å². The summed E-state index contributed by atoms with van der Waals surface area (Å²) >= 11 is 3.32. The summed E-state index contributed by atoms with van der Waals surface area (Å²) in [5.41, 5.74) is 0.733. The van der Waals surface area contributed by atoms with Crippen LogP contribution in [0.4, 0.5) is 4.79 Å². The maximum absolute atomic E-state index is 11.9. The minimum atomic E-state index is -1.05. The number of hydrogen-bond donors (Lipinski definition) is 1. The van der Waals surface area contributed by atoms with Crippen molar-refractivity contribution in [2.45, 2.75) is 18.9 Å². The Kier molecular flexibility index (Phi) is 4.23. The smallest absolute Gasteiger partial charge is 0.407 e. The van der Waals surface area contributed by atoms with Gasteiger partial charge in [0.25, 0.3) is 0 Å². The molecule has 0 spiro atoms. The van der Waals surface area contributed by atoms with Gasteiger partial charge < -0.3 is 5.11 Å². The van der Waals surface area contributed by atoms with Crippen LogP contribution in [0.1, 0.15) is 18.4 Å².